The molecule has 20 heavy (non-hydrogen) atoms. The lowest BCUT2D eigenvalue weighted by atomic mass is 10.1. The second-order valence-electron chi connectivity index (χ2n) is 4.75. The van der Waals surface area contributed by atoms with Crippen LogP contribution in [0.15, 0.2) is 4.42 Å². The lowest BCUT2D eigenvalue weighted by Crippen LogP contribution is -2.08. The fraction of sp³-hybridized carbons (Fsp3) is 0.714. The van der Waals surface area contributed by atoms with Gasteiger partial charge in [-0.05, 0) is 19.3 Å². The summed E-state index contributed by atoms with van der Waals surface area (Å²) < 4.78 is 20.7. The van der Waals surface area contributed by atoms with Crippen molar-refractivity contribution in [2.75, 3.05) is 26.9 Å². The maximum Gasteiger partial charge on any atom is 0.376 e. The highest BCUT2D eigenvalue weighted by Gasteiger charge is 2.22. The summed E-state index contributed by atoms with van der Waals surface area (Å²) in [6.07, 6.45) is 0.662. The first-order valence-electron chi connectivity index (χ1n) is 6.80. The number of hydrogen-bond acceptors (Lipinski definition) is 6. The maximum atomic E-state index is 11.8. The minimum atomic E-state index is -0.473. The van der Waals surface area contributed by atoms with Gasteiger partial charge in [0.1, 0.15) is 6.61 Å². The van der Waals surface area contributed by atoms with E-state index in [9.17, 15) is 4.79 Å². The number of oxazole rings is 1. The number of esters is 1. The van der Waals surface area contributed by atoms with E-state index >= 15 is 0 Å². The van der Waals surface area contributed by atoms with Gasteiger partial charge in [0.2, 0.25) is 11.7 Å². The standard InChI is InChI=1S/C14H23NO5/c1-5-19-14(16)13-11(8-10(2)3)15-12(20-13)9-18-7-6-17-4/h10H,5-9H2,1-4H3. The lowest BCUT2D eigenvalue weighted by molar-refractivity contribution is 0.0437. The number of carbonyl (C=O) groups is 1. The van der Waals surface area contributed by atoms with E-state index in [2.05, 4.69) is 18.8 Å². The Kier molecular flexibility index (Phi) is 7.25. The molecule has 0 radical (unpaired) electrons. The zero-order valence-electron chi connectivity index (χ0n) is 12.6. The first kappa shape index (κ1) is 16.7. The molecule has 1 heterocycles. The van der Waals surface area contributed by atoms with Gasteiger partial charge in [0.05, 0.1) is 25.5 Å². The van der Waals surface area contributed by atoms with E-state index in [4.69, 9.17) is 18.6 Å². The summed E-state index contributed by atoms with van der Waals surface area (Å²) in [6, 6.07) is 0. The van der Waals surface area contributed by atoms with E-state index in [1.54, 1.807) is 14.0 Å². The van der Waals surface area contributed by atoms with Crippen molar-refractivity contribution >= 4 is 5.97 Å². The van der Waals surface area contributed by atoms with E-state index in [1.807, 2.05) is 0 Å². The van der Waals surface area contributed by atoms with Crippen LogP contribution < -0.4 is 0 Å². The molecule has 1 rings (SSSR count). The summed E-state index contributed by atoms with van der Waals surface area (Å²) in [5, 5.41) is 0. The first-order valence-corrected chi connectivity index (χ1v) is 6.80. The van der Waals surface area contributed by atoms with Crippen LogP contribution in [0.25, 0.3) is 0 Å². The van der Waals surface area contributed by atoms with Crippen molar-refractivity contribution in [3.8, 4) is 0 Å². The van der Waals surface area contributed by atoms with Crippen molar-refractivity contribution in [1.82, 2.24) is 4.98 Å². The van der Waals surface area contributed by atoms with E-state index in [0.717, 1.165) is 0 Å². The highest BCUT2D eigenvalue weighted by Crippen LogP contribution is 2.17. The molecule has 0 saturated carbocycles. The average Bonchev–Trinajstić information content (AvgIpc) is 2.77. The number of nitrogens with zero attached hydrogens (tertiary/aromatic N) is 1. The third-order valence-electron chi connectivity index (χ3n) is 2.46. The second-order valence-corrected chi connectivity index (χ2v) is 4.75. The molecule has 0 saturated heterocycles. The second kappa shape index (κ2) is 8.71. The SMILES string of the molecule is CCOC(=O)c1oc(COCCOC)nc1CC(C)C. The first-order chi connectivity index (χ1) is 9.58. The van der Waals surface area contributed by atoms with E-state index in [1.165, 1.54) is 0 Å². The Morgan fingerprint density at radius 1 is 1.35 bits per heavy atom. The Morgan fingerprint density at radius 2 is 2.10 bits per heavy atom. The zero-order valence-corrected chi connectivity index (χ0v) is 12.6. The molecule has 0 unspecified atom stereocenters. The predicted octanol–water partition coefficient (Wildman–Crippen LogP) is 2.21. The molecule has 1 aromatic heterocycles. The van der Waals surface area contributed by atoms with Crippen molar-refractivity contribution in [3.05, 3.63) is 17.3 Å². The molecule has 0 fully saturated rings. The van der Waals surface area contributed by atoms with Gasteiger partial charge in [-0.15, -0.1) is 0 Å². The van der Waals surface area contributed by atoms with Gasteiger partial charge in [-0.1, -0.05) is 13.8 Å². The zero-order chi connectivity index (χ0) is 15.0. The minimum absolute atomic E-state index is 0.186. The van der Waals surface area contributed by atoms with Gasteiger partial charge in [-0.25, -0.2) is 9.78 Å². The third kappa shape index (κ3) is 5.30. The van der Waals surface area contributed by atoms with Gasteiger partial charge < -0.3 is 18.6 Å². The monoisotopic (exact) mass is 285 g/mol. The molecule has 0 spiro atoms. The molecule has 6 heteroatoms. The lowest BCUT2D eigenvalue weighted by Gasteiger charge is -2.02. The van der Waals surface area contributed by atoms with Crippen LogP contribution in [0, 0.1) is 5.92 Å². The van der Waals surface area contributed by atoms with Crippen LogP contribution in [0.4, 0.5) is 0 Å². The quantitative estimate of drug-likeness (QED) is 0.512. The largest absolute Gasteiger partial charge is 0.460 e. The Morgan fingerprint density at radius 3 is 2.70 bits per heavy atom. The van der Waals surface area contributed by atoms with E-state index in [0.29, 0.717) is 43.7 Å². The Bertz CT molecular complexity index is 414. The van der Waals surface area contributed by atoms with Gasteiger partial charge in [-0.3, -0.25) is 0 Å². The van der Waals surface area contributed by atoms with Crippen molar-refractivity contribution < 1.29 is 23.4 Å². The predicted molar refractivity (Wildman–Crippen MR) is 72.5 cm³/mol. The van der Waals surface area contributed by atoms with Crippen LogP contribution in [0.2, 0.25) is 0 Å². The van der Waals surface area contributed by atoms with E-state index < -0.39 is 5.97 Å². The Labute approximate surface area is 119 Å². The van der Waals surface area contributed by atoms with Crippen LogP contribution in [0.3, 0.4) is 0 Å². The molecular formula is C14H23NO5. The van der Waals surface area contributed by atoms with Crippen molar-refractivity contribution in [2.24, 2.45) is 5.92 Å². The van der Waals surface area contributed by atoms with Crippen molar-refractivity contribution in [2.45, 2.75) is 33.8 Å². The van der Waals surface area contributed by atoms with Gasteiger partial charge >= 0.3 is 5.97 Å². The van der Waals surface area contributed by atoms with Crippen molar-refractivity contribution in [1.29, 1.82) is 0 Å². The molecule has 0 aromatic carbocycles. The highest BCUT2D eigenvalue weighted by molar-refractivity contribution is 5.87. The molecule has 0 N–H and O–H groups in total. The number of methoxy groups -OCH3 is 1. The molecule has 0 bridgehead atoms. The molecule has 6 nitrogen and oxygen atoms in total. The number of aromatic nitrogens is 1. The molecular weight excluding hydrogens is 262 g/mol. The summed E-state index contributed by atoms with van der Waals surface area (Å²) >= 11 is 0. The minimum Gasteiger partial charge on any atom is -0.460 e. The summed E-state index contributed by atoms with van der Waals surface area (Å²) in [7, 11) is 1.61. The molecule has 1 aromatic rings. The van der Waals surface area contributed by atoms with Crippen LogP contribution in [0.5, 0.6) is 0 Å². The summed E-state index contributed by atoms with van der Waals surface area (Å²) in [5.41, 5.74) is 0.629. The molecule has 0 amide bonds. The molecule has 0 atom stereocenters. The maximum absolute atomic E-state index is 11.8. The summed E-state index contributed by atoms with van der Waals surface area (Å²) in [4.78, 5) is 16.1. The van der Waals surface area contributed by atoms with Crippen molar-refractivity contribution in [3.63, 3.8) is 0 Å². The van der Waals surface area contributed by atoms with Gasteiger partial charge in [0.25, 0.3) is 0 Å². The van der Waals surface area contributed by atoms with E-state index in [-0.39, 0.29) is 12.4 Å². The summed E-state index contributed by atoms with van der Waals surface area (Å²) in [6.45, 7) is 7.34. The van der Waals surface area contributed by atoms with Gasteiger partial charge in [0, 0.05) is 7.11 Å². The number of hydrogen-bond donors (Lipinski definition) is 0. The molecule has 0 aliphatic carbocycles. The average molecular weight is 285 g/mol. The Balaban J connectivity index is 2.74. The third-order valence-corrected chi connectivity index (χ3v) is 2.46. The Hall–Kier alpha value is -1.40. The fourth-order valence-corrected chi connectivity index (χ4v) is 1.65. The van der Waals surface area contributed by atoms with Crippen LogP contribution >= 0.6 is 0 Å². The number of rotatable bonds is 9. The van der Waals surface area contributed by atoms with Crippen LogP contribution in [-0.4, -0.2) is 37.9 Å². The van der Waals surface area contributed by atoms with Gasteiger partial charge in [0.15, 0.2) is 0 Å². The van der Waals surface area contributed by atoms with Gasteiger partial charge in [-0.2, -0.15) is 0 Å². The van der Waals surface area contributed by atoms with Crippen LogP contribution in [-0.2, 0) is 27.2 Å². The normalized spacial score (nSPS) is 11.1. The highest BCUT2D eigenvalue weighted by atomic mass is 16.5. The molecule has 0 aliphatic heterocycles. The summed E-state index contributed by atoms with van der Waals surface area (Å²) in [5.74, 6) is 0.472. The molecule has 114 valence electrons. The molecule has 0 aliphatic rings. The van der Waals surface area contributed by atoms with Crippen LogP contribution in [0.1, 0.15) is 42.9 Å². The smallest absolute Gasteiger partial charge is 0.376 e. The topological polar surface area (TPSA) is 70.8 Å². The number of carbonyl (C=O) groups excluding carboxylic acids is 1. The fourth-order valence-electron chi connectivity index (χ4n) is 1.65. The number of ether oxygens (including phenoxy) is 3.